The molecule has 40 heavy (non-hydrogen) atoms. The van der Waals surface area contributed by atoms with Crippen LogP contribution in [0.15, 0.2) is 59.1 Å². The minimum Gasteiger partial charge on any atom is -0.459 e. The van der Waals surface area contributed by atoms with Crippen LogP contribution in [-0.4, -0.2) is 64.9 Å². The Morgan fingerprint density at radius 3 is 2.73 bits per heavy atom. The number of carbonyl (C=O) groups is 1. The van der Waals surface area contributed by atoms with Gasteiger partial charge in [-0.2, -0.15) is 0 Å². The first-order valence-corrected chi connectivity index (χ1v) is 14.1. The maximum atomic E-state index is 13.8. The number of fused-ring (bicyclic) bond motifs is 2. The summed E-state index contributed by atoms with van der Waals surface area (Å²) in [5.74, 6) is 1.19. The molecule has 1 saturated heterocycles. The maximum absolute atomic E-state index is 13.8. The lowest BCUT2D eigenvalue weighted by Gasteiger charge is -2.39. The molecule has 3 aliphatic heterocycles. The van der Waals surface area contributed by atoms with Crippen molar-refractivity contribution in [3.8, 4) is 11.5 Å². The van der Waals surface area contributed by atoms with E-state index in [0.717, 1.165) is 16.6 Å². The molecule has 212 valence electrons. The van der Waals surface area contributed by atoms with Crippen LogP contribution in [0.3, 0.4) is 0 Å². The van der Waals surface area contributed by atoms with Crippen LogP contribution in [0, 0.1) is 5.92 Å². The van der Waals surface area contributed by atoms with E-state index in [9.17, 15) is 14.7 Å². The Balaban J connectivity index is 1.24. The second-order valence-electron chi connectivity index (χ2n) is 10.5. The summed E-state index contributed by atoms with van der Waals surface area (Å²) in [6, 6.07) is 13.5. The van der Waals surface area contributed by atoms with Gasteiger partial charge in [0.2, 0.25) is 13.1 Å². The van der Waals surface area contributed by atoms with Crippen LogP contribution in [0.5, 0.6) is 11.5 Å². The Kier molecular flexibility index (Phi) is 7.53. The second-order valence-corrected chi connectivity index (χ2v) is 10.5. The number of aliphatic hydroxyl groups excluding tert-OH is 1. The topological polar surface area (TPSA) is 115 Å². The minimum atomic E-state index is -0.627. The van der Waals surface area contributed by atoms with Crippen LogP contribution in [0.25, 0.3) is 11.0 Å². The highest BCUT2D eigenvalue weighted by molar-refractivity contribution is 5.92. The predicted octanol–water partition coefficient (Wildman–Crippen LogP) is 3.67. The Labute approximate surface area is 232 Å². The number of allylic oxidation sites excluding steroid dienone is 1. The SMILES string of the molecule is CCO[C@H]1OC(C(=O)N2CCC(n3c(=O)[nH]c4ccccc43)CC2)=C[C@@H](c2ccc3c(c2)OCO3)[C@@H]1CCCO. The largest absolute Gasteiger partial charge is 0.459 e. The van der Waals surface area contributed by atoms with Crippen molar-refractivity contribution in [3.63, 3.8) is 0 Å². The van der Waals surface area contributed by atoms with Gasteiger partial charge in [-0.25, -0.2) is 4.79 Å². The zero-order chi connectivity index (χ0) is 27.6. The van der Waals surface area contributed by atoms with Gasteiger partial charge in [-0.15, -0.1) is 0 Å². The molecule has 6 rings (SSSR count). The van der Waals surface area contributed by atoms with Gasteiger partial charge in [0, 0.05) is 44.2 Å². The fourth-order valence-electron chi connectivity index (χ4n) is 6.18. The number of aliphatic hydroxyl groups is 1. The van der Waals surface area contributed by atoms with E-state index in [1.807, 2.05) is 60.0 Å². The molecule has 3 aliphatic rings. The average Bonchev–Trinajstić information content (AvgIpc) is 3.59. The lowest BCUT2D eigenvalue weighted by Crippen LogP contribution is -2.44. The molecule has 0 saturated carbocycles. The van der Waals surface area contributed by atoms with E-state index in [-0.39, 0.29) is 48.6 Å². The van der Waals surface area contributed by atoms with E-state index in [0.29, 0.717) is 56.9 Å². The molecule has 0 bridgehead atoms. The van der Waals surface area contributed by atoms with Crippen LogP contribution < -0.4 is 15.2 Å². The van der Waals surface area contributed by atoms with Crippen LogP contribution in [-0.2, 0) is 14.3 Å². The molecule has 0 aliphatic carbocycles. The summed E-state index contributed by atoms with van der Waals surface area (Å²) in [6.07, 6.45) is 3.87. The summed E-state index contributed by atoms with van der Waals surface area (Å²) < 4.78 is 25.2. The number of likely N-dealkylation sites (tertiary alicyclic amines) is 1. The lowest BCUT2D eigenvalue weighted by molar-refractivity contribution is -0.170. The van der Waals surface area contributed by atoms with Crippen molar-refractivity contribution in [1.82, 2.24) is 14.5 Å². The first-order chi connectivity index (χ1) is 19.6. The van der Waals surface area contributed by atoms with E-state index < -0.39 is 6.29 Å². The highest BCUT2D eigenvalue weighted by Crippen LogP contribution is 2.43. The van der Waals surface area contributed by atoms with Crippen molar-refractivity contribution in [2.45, 2.75) is 50.9 Å². The quantitative estimate of drug-likeness (QED) is 0.441. The Morgan fingerprint density at radius 1 is 1.12 bits per heavy atom. The third kappa shape index (κ3) is 4.97. The number of benzene rings is 2. The minimum absolute atomic E-state index is 0.00868. The van der Waals surface area contributed by atoms with E-state index in [4.69, 9.17) is 18.9 Å². The van der Waals surface area contributed by atoms with E-state index in [1.54, 1.807) is 4.90 Å². The fourth-order valence-corrected chi connectivity index (χ4v) is 6.18. The lowest BCUT2D eigenvalue weighted by atomic mass is 9.80. The number of amides is 1. The molecule has 0 unspecified atom stereocenters. The van der Waals surface area contributed by atoms with E-state index in [1.165, 1.54) is 0 Å². The number of hydrogen-bond acceptors (Lipinski definition) is 7. The van der Waals surface area contributed by atoms with Crippen LogP contribution >= 0.6 is 0 Å². The molecule has 3 atom stereocenters. The Hall–Kier alpha value is -3.76. The number of H-pyrrole nitrogens is 1. The van der Waals surface area contributed by atoms with Crippen LogP contribution in [0.4, 0.5) is 0 Å². The monoisotopic (exact) mass is 549 g/mol. The van der Waals surface area contributed by atoms with Crippen LogP contribution in [0.1, 0.15) is 50.1 Å². The van der Waals surface area contributed by atoms with E-state index >= 15 is 0 Å². The number of piperidine rings is 1. The zero-order valence-corrected chi connectivity index (χ0v) is 22.6. The van der Waals surface area contributed by atoms with Crippen molar-refractivity contribution in [1.29, 1.82) is 0 Å². The van der Waals surface area contributed by atoms with Gasteiger partial charge in [-0.05, 0) is 68.5 Å². The molecule has 10 heteroatoms. The van der Waals surface area contributed by atoms with Gasteiger partial charge < -0.3 is 33.9 Å². The van der Waals surface area contributed by atoms with Crippen molar-refractivity contribution in [3.05, 3.63) is 70.3 Å². The van der Waals surface area contributed by atoms with Crippen LogP contribution in [0.2, 0.25) is 0 Å². The molecule has 3 aromatic rings. The highest BCUT2D eigenvalue weighted by atomic mass is 16.7. The summed E-state index contributed by atoms with van der Waals surface area (Å²) in [5, 5.41) is 9.56. The molecule has 1 aromatic heterocycles. The molecule has 2 N–H and O–H groups in total. The standard InChI is InChI=1S/C30H35N3O7/c1-2-37-29-21(6-5-15-34)22(19-9-10-25-26(16-19)39-18-38-25)17-27(40-29)28(35)32-13-11-20(12-14-32)33-24-8-4-3-7-23(24)31-30(33)36/h3-4,7-10,16-17,20-22,29,34H,2,5-6,11-15,18H2,1H3,(H,31,36)/t21-,22-,29-/m0/s1. The summed E-state index contributed by atoms with van der Waals surface area (Å²) in [5.41, 5.74) is 2.56. The third-order valence-corrected chi connectivity index (χ3v) is 8.14. The van der Waals surface area contributed by atoms with Gasteiger partial charge in [0.25, 0.3) is 5.91 Å². The Bertz CT molecular complexity index is 1450. The number of para-hydroxylation sites is 2. The number of nitrogens with zero attached hydrogens (tertiary/aromatic N) is 2. The molecule has 10 nitrogen and oxygen atoms in total. The van der Waals surface area contributed by atoms with Gasteiger partial charge in [0.05, 0.1) is 11.0 Å². The third-order valence-electron chi connectivity index (χ3n) is 8.14. The smallest absolute Gasteiger partial charge is 0.326 e. The maximum Gasteiger partial charge on any atom is 0.326 e. The molecule has 1 amide bonds. The van der Waals surface area contributed by atoms with Crippen molar-refractivity contribution in [2.75, 3.05) is 33.1 Å². The normalized spacial score (nSPS) is 22.8. The van der Waals surface area contributed by atoms with Crippen molar-refractivity contribution in [2.24, 2.45) is 5.92 Å². The molecule has 1 fully saturated rings. The Morgan fingerprint density at radius 2 is 1.93 bits per heavy atom. The fraction of sp³-hybridized carbons (Fsp3) is 0.467. The zero-order valence-electron chi connectivity index (χ0n) is 22.6. The van der Waals surface area contributed by atoms with Gasteiger partial charge in [-0.1, -0.05) is 18.2 Å². The number of ether oxygens (including phenoxy) is 4. The highest BCUT2D eigenvalue weighted by Gasteiger charge is 2.40. The molecule has 0 radical (unpaired) electrons. The molecular formula is C30H35N3O7. The van der Waals surface area contributed by atoms with Gasteiger partial charge in [0.15, 0.2) is 17.3 Å². The summed E-state index contributed by atoms with van der Waals surface area (Å²) in [6.45, 7) is 3.60. The molecule has 4 heterocycles. The van der Waals surface area contributed by atoms with Gasteiger partial charge >= 0.3 is 5.69 Å². The average molecular weight is 550 g/mol. The number of aromatic nitrogens is 2. The van der Waals surface area contributed by atoms with Gasteiger partial charge in [0.1, 0.15) is 0 Å². The number of carbonyl (C=O) groups excluding carboxylic acids is 1. The second kappa shape index (κ2) is 11.4. The van der Waals surface area contributed by atoms with E-state index in [2.05, 4.69) is 4.98 Å². The first-order valence-electron chi connectivity index (χ1n) is 14.1. The molecule has 0 spiro atoms. The number of hydrogen-bond donors (Lipinski definition) is 2. The number of rotatable bonds is 8. The van der Waals surface area contributed by atoms with Gasteiger partial charge in [-0.3, -0.25) is 9.36 Å². The van der Waals surface area contributed by atoms with Crippen molar-refractivity contribution < 1.29 is 28.8 Å². The first kappa shape index (κ1) is 26.5. The molecule has 2 aromatic carbocycles. The molecular weight excluding hydrogens is 514 g/mol. The van der Waals surface area contributed by atoms with Crippen molar-refractivity contribution >= 4 is 16.9 Å². The summed E-state index contributed by atoms with van der Waals surface area (Å²) >= 11 is 0. The number of nitrogens with one attached hydrogen (secondary N) is 1. The number of imidazole rings is 1. The number of aromatic amines is 1. The predicted molar refractivity (Wildman–Crippen MR) is 147 cm³/mol. The summed E-state index contributed by atoms with van der Waals surface area (Å²) in [4.78, 5) is 31.2. The summed E-state index contributed by atoms with van der Waals surface area (Å²) in [7, 11) is 0.